The molecule has 1 aliphatic heterocycles. The van der Waals surface area contributed by atoms with Crippen molar-refractivity contribution in [1.29, 1.82) is 0 Å². The molecule has 1 unspecified atom stereocenters. The van der Waals surface area contributed by atoms with Crippen molar-refractivity contribution in [2.24, 2.45) is 0 Å². The average molecular weight is 325 g/mol. The summed E-state index contributed by atoms with van der Waals surface area (Å²) in [6, 6.07) is 0. The molecule has 138 valence electrons. The van der Waals surface area contributed by atoms with Gasteiger partial charge in [0.1, 0.15) is 0 Å². The minimum atomic E-state index is 0.340. The van der Waals surface area contributed by atoms with E-state index in [0.717, 1.165) is 6.61 Å². The van der Waals surface area contributed by atoms with Gasteiger partial charge in [-0.05, 0) is 12.8 Å². The Morgan fingerprint density at radius 3 is 1.26 bits per heavy atom. The van der Waals surface area contributed by atoms with Crippen molar-refractivity contribution in [2.75, 3.05) is 6.61 Å². The standard InChI is InChI=1S/C22H44O/c1-3-5-7-8-9-10-11-12-13-14-15-16-17-18-20-22(21-23-22)19-6-4-2/h3-21H2,1-2H3. The summed E-state index contributed by atoms with van der Waals surface area (Å²) in [5.41, 5.74) is 0.340. The molecule has 1 atom stereocenters. The van der Waals surface area contributed by atoms with Crippen LogP contribution >= 0.6 is 0 Å². The van der Waals surface area contributed by atoms with Crippen LogP contribution in [0.25, 0.3) is 0 Å². The topological polar surface area (TPSA) is 12.5 Å². The van der Waals surface area contributed by atoms with Crippen LogP contribution in [0.2, 0.25) is 0 Å². The first-order valence-corrected chi connectivity index (χ1v) is 11.0. The van der Waals surface area contributed by atoms with Crippen molar-refractivity contribution in [1.82, 2.24) is 0 Å². The predicted molar refractivity (Wildman–Crippen MR) is 103 cm³/mol. The van der Waals surface area contributed by atoms with Crippen LogP contribution < -0.4 is 0 Å². The fraction of sp³-hybridized carbons (Fsp3) is 1.00. The molecular formula is C22H44O. The van der Waals surface area contributed by atoms with Gasteiger partial charge in [0, 0.05) is 0 Å². The lowest BCUT2D eigenvalue weighted by Gasteiger charge is -2.10. The second-order valence-corrected chi connectivity index (χ2v) is 7.92. The molecule has 0 radical (unpaired) electrons. The van der Waals surface area contributed by atoms with Gasteiger partial charge in [-0.25, -0.2) is 0 Å². The van der Waals surface area contributed by atoms with E-state index in [2.05, 4.69) is 13.8 Å². The Kier molecular flexibility index (Phi) is 13.1. The Morgan fingerprint density at radius 1 is 0.522 bits per heavy atom. The summed E-state index contributed by atoms with van der Waals surface area (Å²) in [5.74, 6) is 0. The summed E-state index contributed by atoms with van der Waals surface area (Å²) >= 11 is 0. The molecule has 1 heteroatoms. The summed E-state index contributed by atoms with van der Waals surface area (Å²) in [4.78, 5) is 0. The molecule has 0 spiro atoms. The lowest BCUT2D eigenvalue weighted by atomic mass is 9.95. The summed E-state index contributed by atoms with van der Waals surface area (Å²) in [6.07, 6.45) is 25.6. The smallest absolute Gasteiger partial charge is 0.0916 e. The molecule has 0 N–H and O–H groups in total. The highest BCUT2D eigenvalue weighted by atomic mass is 16.6. The van der Waals surface area contributed by atoms with Gasteiger partial charge in [0.25, 0.3) is 0 Å². The summed E-state index contributed by atoms with van der Waals surface area (Å²) in [5, 5.41) is 0. The van der Waals surface area contributed by atoms with Crippen LogP contribution in [0.1, 0.15) is 129 Å². The van der Waals surface area contributed by atoms with Gasteiger partial charge < -0.3 is 4.74 Å². The van der Waals surface area contributed by atoms with Crippen molar-refractivity contribution in [2.45, 2.75) is 135 Å². The van der Waals surface area contributed by atoms with Crippen LogP contribution in [-0.2, 0) is 4.74 Å². The van der Waals surface area contributed by atoms with E-state index in [9.17, 15) is 0 Å². The second-order valence-electron chi connectivity index (χ2n) is 7.92. The molecule has 0 aromatic heterocycles. The number of epoxide rings is 1. The van der Waals surface area contributed by atoms with Crippen LogP contribution in [0.15, 0.2) is 0 Å². The van der Waals surface area contributed by atoms with E-state index in [-0.39, 0.29) is 0 Å². The van der Waals surface area contributed by atoms with Crippen LogP contribution in [0.5, 0.6) is 0 Å². The largest absolute Gasteiger partial charge is 0.370 e. The number of unbranched alkanes of at least 4 members (excludes halogenated alkanes) is 14. The number of hydrogen-bond donors (Lipinski definition) is 0. The molecule has 1 fully saturated rings. The maximum atomic E-state index is 5.71. The van der Waals surface area contributed by atoms with Gasteiger partial charge in [-0.2, -0.15) is 0 Å². The number of hydrogen-bond acceptors (Lipinski definition) is 1. The fourth-order valence-corrected chi connectivity index (χ4v) is 3.66. The minimum Gasteiger partial charge on any atom is -0.370 e. The monoisotopic (exact) mass is 324 g/mol. The van der Waals surface area contributed by atoms with E-state index in [1.165, 1.54) is 116 Å². The van der Waals surface area contributed by atoms with Crippen LogP contribution in [0, 0.1) is 0 Å². The van der Waals surface area contributed by atoms with Gasteiger partial charge in [0.15, 0.2) is 0 Å². The van der Waals surface area contributed by atoms with Gasteiger partial charge in [-0.1, -0.05) is 117 Å². The molecule has 0 aliphatic carbocycles. The number of ether oxygens (including phenoxy) is 1. The fourth-order valence-electron chi connectivity index (χ4n) is 3.66. The Hall–Kier alpha value is -0.0400. The number of rotatable bonds is 18. The van der Waals surface area contributed by atoms with Crippen molar-refractivity contribution in [3.8, 4) is 0 Å². The van der Waals surface area contributed by atoms with Gasteiger partial charge >= 0.3 is 0 Å². The van der Waals surface area contributed by atoms with Crippen molar-refractivity contribution in [3.05, 3.63) is 0 Å². The van der Waals surface area contributed by atoms with Gasteiger partial charge in [0.2, 0.25) is 0 Å². The predicted octanol–water partition coefficient (Wildman–Crippen LogP) is 7.82. The van der Waals surface area contributed by atoms with Crippen molar-refractivity contribution in [3.63, 3.8) is 0 Å². The molecule has 1 heterocycles. The molecular weight excluding hydrogens is 280 g/mol. The molecule has 1 saturated heterocycles. The Balaban J connectivity index is 1.72. The third-order valence-corrected chi connectivity index (χ3v) is 5.52. The zero-order valence-electron chi connectivity index (χ0n) is 16.3. The summed E-state index contributed by atoms with van der Waals surface area (Å²) in [6.45, 7) is 5.62. The highest BCUT2D eigenvalue weighted by Crippen LogP contribution is 2.37. The molecule has 0 aromatic carbocycles. The van der Waals surface area contributed by atoms with Crippen LogP contribution in [-0.4, -0.2) is 12.2 Å². The van der Waals surface area contributed by atoms with Crippen LogP contribution in [0.3, 0.4) is 0 Å². The van der Waals surface area contributed by atoms with E-state index in [1.807, 2.05) is 0 Å². The first kappa shape index (κ1) is 21.0. The highest BCUT2D eigenvalue weighted by Gasteiger charge is 2.42. The third-order valence-electron chi connectivity index (χ3n) is 5.52. The molecule has 0 amide bonds. The molecule has 1 nitrogen and oxygen atoms in total. The summed E-state index contributed by atoms with van der Waals surface area (Å²) < 4.78 is 5.71. The van der Waals surface area contributed by atoms with Gasteiger partial charge in [-0.15, -0.1) is 0 Å². The zero-order chi connectivity index (χ0) is 16.6. The van der Waals surface area contributed by atoms with Crippen LogP contribution in [0.4, 0.5) is 0 Å². The van der Waals surface area contributed by atoms with Crippen molar-refractivity contribution < 1.29 is 4.74 Å². The molecule has 1 aliphatic rings. The Labute approximate surface area is 147 Å². The Morgan fingerprint density at radius 2 is 0.870 bits per heavy atom. The second kappa shape index (κ2) is 14.3. The highest BCUT2D eigenvalue weighted by molar-refractivity contribution is 4.91. The molecule has 0 bridgehead atoms. The zero-order valence-corrected chi connectivity index (χ0v) is 16.3. The maximum Gasteiger partial charge on any atom is 0.0916 e. The first-order valence-electron chi connectivity index (χ1n) is 11.0. The lowest BCUT2D eigenvalue weighted by Crippen LogP contribution is -2.10. The van der Waals surface area contributed by atoms with E-state index in [4.69, 9.17) is 4.74 Å². The SMILES string of the molecule is CCCCCCCCCCCCCCCCC1(CCCC)CO1. The van der Waals surface area contributed by atoms with E-state index in [1.54, 1.807) is 0 Å². The lowest BCUT2D eigenvalue weighted by molar-refractivity contribution is 0.262. The first-order chi connectivity index (χ1) is 11.3. The van der Waals surface area contributed by atoms with Crippen molar-refractivity contribution >= 4 is 0 Å². The Bertz CT molecular complexity index is 244. The quantitative estimate of drug-likeness (QED) is 0.185. The normalized spacial score (nSPS) is 20.1. The molecule has 0 saturated carbocycles. The minimum absolute atomic E-state index is 0.340. The maximum absolute atomic E-state index is 5.71. The van der Waals surface area contributed by atoms with Gasteiger partial charge in [0.05, 0.1) is 12.2 Å². The average Bonchev–Trinajstić information content (AvgIpc) is 3.33. The third kappa shape index (κ3) is 12.0. The van der Waals surface area contributed by atoms with Gasteiger partial charge in [-0.3, -0.25) is 0 Å². The van der Waals surface area contributed by atoms with E-state index >= 15 is 0 Å². The summed E-state index contributed by atoms with van der Waals surface area (Å²) in [7, 11) is 0. The molecule has 1 rings (SSSR count). The van der Waals surface area contributed by atoms with E-state index in [0.29, 0.717) is 5.60 Å². The molecule has 23 heavy (non-hydrogen) atoms. The van der Waals surface area contributed by atoms with E-state index < -0.39 is 0 Å². The molecule has 0 aromatic rings.